The molecule has 0 bridgehead atoms. The first-order valence-corrected chi connectivity index (χ1v) is 7.06. The lowest BCUT2D eigenvalue weighted by Gasteiger charge is -2.06. The highest BCUT2D eigenvalue weighted by Gasteiger charge is 2.06. The molecule has 0 aromatic heterocycles. The fourth-order valence-corrected chi connectivity index (χ4v) is 2.13. The van der Waals surface area contributed by atoms with Crippen molar-refractivity contribution < 1.29 is 14.3 Å². The maximum Gasteiger partial charge on any atom is 0.305 e. The van der Waals surface area contributed by atoms with E-state index in [9.17, 15) is 9.59 Å². The van der Waals surface area contributed by atoms with Crippen molar-refractivity contribution in [1.29, 1.82) is 0 Å². The van der Waals surface area contributed by atoms with E-state index in [1.807, 2.05) is 6.07 Å². The van der Waals surface area contributed by atoms with Gasteiger partial charge in [0.05, 0.1) is 7.11 Å². The number of rotatable bonds is 7. The molecule has 0 radical (unpaired) electrons. The molecule has 1 aromatic rings. The first kappa shape index (κ1) is 16.8. The van der Waals surface area contributed by atoms with Crippen molar-refractivity contribution in [3.63, 3.8) is 0 Å². The number of nitrogens with one attached hydrogen (secondary N) is 1. The van der Waals surface area contributed by atoms with Crippen molar-refractivity contribution in [3.05, 3.63) is 33.8 Å². The van der Waals surface area contributed by atoms with E-state index < -0.39 is 0 Å². The number of carbonyl (C=O) groups excluding carboxylic acids is 2. The van der Waals surface area contributed by atoms with Crippen molar-refractivity contribution in [2.24, 2.45) is 0 Å². The number of methoxy groups -OCH3 is 1. The predicted molar refractivity (Wildman–Crippen MR) is 79.0 cm³/mol. The molecule has 0 aliphatic rings. The Morgan fingerprint density at radius 2 is 2.00 bits per heavy atom. The van der Waals surface area contributed by atoms with Crippen LogP contribution in [0.2, 0.25) is 10.0 Å². The summed E-state index contributed by atoms with van der Waals surface area (Å²) in [5.41, 5.74) is 0.890. The quantitative estimate of drug-likeness (QED) is 0.621. The number of ether oxygens (including phenoxy) is 1. The zero-order valence-electron chi connectivity index (χ0n) is 11.2. The average Bonchev–Trinajstić information content (AvgIpc) is 2.42. The third-order valence-electron chi connectivity index (χ3n) is 2.74. The van der Waals surface area contributed by atoms with E-state index in [4.69, 9.17) is 23.2 Å². The molecular weight excluding hydrogens is 301 g/mol. The Morgan fingerprint density at radius 1 is 1.25 bits per heavy atom. The molecule has 110 valence electrons. The van der Waals surface area contributed by atoms with Gasteiger partial charge < -0.3 is 10.1 Å². The number of esters is 1. The smallest absolute Gasteiger partial charge is 0.305 e. The number of aryl methyl sites for hydroxylation is 1. The monoisotopic (exact) mass is 317 g/mol. The first-order valence-electron chi connectivity index (χ1n) is 6.30. The SMILES string of the molecule is COC(=O)CCCNC(=O)CCc1ccc(Cl)cc1Cl. The molecule has 4 nitrogen and oxygen atoms in total. The number of carbonyl (C=O) groups is 2. The number of hydrogen-bond acceptors (Lipinski definition) is 3. The van der Waals surface area contributed by atoms with Gasteiger partial charge in [0, 0.05) is 29.4 Å². The summed E-state index contributed by atoms with van der Waals surface area (Å²) in [7, 11) is 1.34. The van der Waals surface area contributed by atoms with Crippen molar-refractivity contribution in [2.45, 2.75) is 25.7 Å². The highest BCUT2D eigenvalue weighted by molar-refractivity contribution is 6.35. The fraction of sp³-hybridized carbons (Fsp3) is 0.429. The van der Waals surface area contributed by atoms with Crippen LogP contribution in [0.5, 0.6) is 0 Å². The van der Waals surface area contributed by atoms with Gasteiger partial charge in [0.15, 0.2) is 0 Å². The number of halogens is 2. The predicted octanol–water partition coefficient (Wildman–Crippen LogP) is 3.00. The molecule has 1 N–H and O–H groups in total. The lowest BCUT2D eigenvalue weighted by atomic mass is 10.1. The molecular formula is C14H17Cl2NO3. The van der Waals surface area contributed by atoms with Crippen molar-refractivity contribution >= 4 is 35.1 Å². The van der Waals surface area contributed by atoms with E-state index >= 15 is 0 Å². The van der Waals surface area contributed by atoms with Crippen molar-refractivity contribution in [2.75, 3.05) is 13.7 Å². The molecule has 0 heterocycles. The Labute approximate surface area is 128 Å². The molecule has 6 heteroatoms. The summed E-state index contributed by atoms with van der Waals surface area (Å²) < 4.78 is 4.51. The summed E-state index contributed by atoms with van der Waals surface area (Å²) in [4.78, 5) is 22.5. The average molecular weight is 318 g/mol. The highest BCUT2D eigenvalue weighted by atomic mass is 35.5. The maximum absolute atomic E-state index is 11.6. The van der Waals surface area contributed by atoms with Crippen LogP contribution in [0.15, 0.2) is 18.2 Å². The van der Waals surface area contributed by atoms with Gasteiger partial charge in [-0.2, -0.15) is 0 Å². The molecule has 0 saturated heterocycles. The summed E-state index contributed by atoms with van der Waals surface area (Å²) in [6.07, 6.45) is 1.78. The largest absolute Gasteiger partial charge is 0.469 e. The van der Waals surface area contributed by atoms with Gasteiger partial charge in [-0.25, -0.2) is 0 Å². The van der Waals surface area contributed by atoms with E-state index in [0.717, 1.165) is 5.56 Å². The van der Waals surface area contributed by atoms with Crippen LogP contribution < -0.4 is 5.32 Å². The van der Waals surface area contributed by atoms with Gasteiger partial charge in [0.1, 0.15) is 0 Å². The van der Waals surface area contributed by atoms with Crippen molar-refractivity contribution in [1.82, 2.24) is 5.32 Å². The molecule has 0 fully saturated rings. The van der Waals surface area contributed by atoms with Crippen LogP contribution in [-0.4, -0.2) is 25.5 Å². The topological polar surface area (TPSA) is 55.4 Å². The van der Waals surface area contributed by atoms with Crippen LogP contribution >= 0.6 is 23.2 Å². The third-order valence-corrected chi connectivity index (χ3v) is 3.33. The van der Waals surface area contributed by atoms with E-state index in [1.165, 1.54) is 7.11 Å². The van der Waals surface area contributed by atoms with Gasteiger partial charge in [0.2, 0.25) is 5.91 Å². The van der Waals surface area contributed by atoms with Crippen LogP contribution in [0, 0.1) is 0 Å². The second-order valence-corrected chi connectivity index (χ2v) is 5.11. The Balaban J connectivity index is 2.24. The fourth-order valence-electron chi connectivity index (χ4n) is 1.62. The minimum absolute atomic E-state index is 0.0686. The molecule has 20 heavy (non-hydrogen) atoms. The minimum Gasteiger partial charge on any atom is -0.469 e. The second-order valence-electron chi connectivity index (χ2n) is 4.27. The van der Waals surface area contributed by atoms with Gasteiger partial charge in [-0.1, -0.05) is 29.3 Å². The summed E-state index contributed by atoms with van der Waals surface area (Å²) in [5.74, 6) is -0.340. The summed E-state index contributed by atoms with van der Waals surface area (Å²) in [6, 6.07) is 5.22. The molecule has 0 aliphatic heterocycles. The van der Waals surface area contributed by atoms with Gasteiger partial charge in [-0.05, 0) is 30.5 Å². The van der Waals surface area contributed by atoms with E-state index in [0.29, 0.717) is 42.3 Å². The third kappa shape index (κ3) is 6.26. The Bertz CT molecular complexity index is 477. The standard InChI is InChI=1S/C14H17Cl2NO3/c1-20-14(19)3-2-8-17-13(18)7-5-10-4-6-11(15)9-12(10)16/h4,6,9H,2-3,5,7-8H2,1H3,(H,17,18). The minimum atomic E-state index is -0.271. The Morgan fingerprint density at radius 3 is 2.65 bits per heavy atom. The molecule has 0 atom stereocenters. The Kier molecular flexibility index (Phi) is 7.41. The summed E-state index contributed by atoms with van der Waals surface area (Å²) >= 11 is 11.8. The van der Waals surface area contributed by atoms with Gasteiger partial charge in [0.25, 0.3) is 0 Å². The molecule has 1 aromatic carbocycles. The molecule has 0 saturated carbocycles. The molecule has 0 aliphatic carbocycles. The van der Waals surface area contributed by atoms with Crippen molar-refractivity contribution in [3.8, 4) is 0 Å². The van der Waals surface area contributed by atoms with Crippen LogP contribution in [0.25, 0.3) is 0 Å². The van der Waals surface area contributed by atoms with Gasteiger partial charge in [-0.15, -0.1) is 0 Å². The summed E-state index contributed by atoms with van der Waals surface area (Å²) in [6.45, 7) is 0.461. The van der Waals surface area contributed by atoms with E-state index in [-0.39, 0.29) is 11.9 Å². The van der Waals surface area contributed by atoms with Gasteiger partial charge >= 0.3 is 5.97 Å². The highest BCUT2D eigenvalue weighted by Crippen LogP contribution is 2.21. The zero-order valence-corrected chi connectivity index (χ0v) is 12.8. The normalized spacial score (nSPS) is 10.2. The number of hydrogen-bond donors (Lipinski definition) is 1. The second kappa shape index (κ2) is 8.82. The number of amides is 1. The van der Waals surface area contributed by atoms with E-state index in [1.54, 1.807) is 12.1 Å². The van der Waals surface area contributed by atoms with Crippen LogP contribution in [0.1, 0.15) is 24.8 Å². The molecule has 0 unspecified atom stereocenters. The van der Waals surface area contributed by atoms with Crippen LogP contribution in [0.4, 0.5) is 0 Å². The number of benzene rings is 1. The molecule has 1 rings (SSSR count). The van der Waals surface area contributed by atoms with E-state index in [2.05, 4.69) is 10.1 Å². The molecule has 1 amide bonds. The Hall–Kier alpha value is -1.26. The molecule has 0 spiro atoms. The lowest BCUT2D eigenvalue weighted by molar-refractivity contribution is -0.140. The lowest BCUT2D eigenvalue weighted by Crippen LogP contribution is -2.25. The van der Waals surface area contributed by atoms with Gasteiger partial charge in [-0.3, -0.25) is 9.59 Å². The van der Waals surface area contributed by atoms with Crippen LogP contribution in [-0.2, 0) is 20.7 Å². The van der Waals surface area contributed by atoms with Crippen LogP contribution in [0.3, 0.4) is 0 Å². The maximum atomic E-state index is 11.6. The summed E-state index contributed by atoms with van der Waals surface area (Å²) in [5, 5.41) is 3.89. The zero-order chi connectivity index (χ0) is 15.0. The first-order chi connectivity index (χ1) is 9.52.